The van der Waals surface area contributed by atoms with Crippen molar-refractivity contribution in [3.63, 3.8) is 0 Å². The van der Waals surface area contributed by atoms with Gasteiger partial charge in [-0.05, 0) is 24.3 Å². The minimum Gasteiger partial charge on any atom is -0.369 e. The molecule has 1 N–H and O–H groups in total. The minimum absolute atomic E-state index is 1.09. The molecule has 1 aromatic carbocycles. The molecule has 2 aromatic rings. The van der Waals surface area contributed by atoms with Gasteiger partial charge in [-0.25, -0.2) is 0 Å². The van der Waals surface area contributed by atoms with Crippen LogP contribution in [0.15, 0.2) is 30.5 Å². The highest BCUT2D eigenvalue weighted by atomic mass is 15.2. The molecule has 0 saturated carbocycles. The molecule has 84 valence electrons. The molecule has 3 nitrogen and oxygen atoms in total. The molecule has 1 aliphatic rings. The molecule has 0 unspecified atom stereocenters. The van der Waals surface area contributed by atoms with Crippen molar-refractivity contribution in [3.8, 4) is 0 Å². The monoisotopic (exact) mass is 215 g/mol. The molecule has 1 saturated heterocycles. The van der Waals surface area contributed by atoms with E-state index in [1.54, 1.807) is 0 Å². The smallest absolute Gasteiger partial charge is 0.0479 e. The maximum atomic E-state index is 3.38. The van der Waals surface area contributed by atoms with Crippen LogP contribution in [0.1, 0.15) is 0 Å². The predicted molar refractivity (Wildman–Crippen MR) is 68.0 cm³/mol. The maximum Gasteiger partial charge on any atom is 0.0479 e. The molecule has 2 heterocycles. The fourth-order valence-electron chi connectivity index (χ4n) is 2.39. The fourth-order valence-corrected chi connectivity index (χ4v) is 2.39. The Bertz CT molecular complexity index is 495. The summed E-state index contributed by atoms with van der Waals surface area (Å²) in [6.07, 6.45) is 2.12. The van der Waals surface area contributed by atoms with Crippen LogP contribution in [0.4, 0.5) is 5.69 Å². The van der Waals surface area contributed by atoms with E-state index in [1.165, 1.54) is 16.6 Å². The van der Waals surface area contributed by atoms with Gasteiger partial charge in [-0.15, -0.1) is 0 Å². The lowest BCUT2D eigenvalue weighted by molar-refractivity contribution is 0.589. The number of aromatic nitrogens is 1. The SMILES string of the molecule is Cn1ccc2cc(N3CCNCC3)ccc21. The molecule has 0 radical (unpaired) electrons. The van der Waals surface area contributed by atoms with Gasteiger partial charge in [0.25, 0.3) is 0 Å². The van der Waals surface area contributed by atoms with Gasteiger partial charge in [0.05, 0.1) is 0 Å². The molecule has 1 aromatic heterocycles. The van der Waals surface area contributed by atoms with E-state index < -0.39 is 0 Å². The van der Waals surface area contributed by atoms with Gasteiger partial charge in [0.15, 0.2) is 0 Å². The second-order valence-corrected chi connectivity index (χ2v) is 4.41. The van der Waals surface area contributed by atoms with Crippen molar-refractivity contribution >= 4 is 16.6 Å². The van der Waals surface area contributed by atoms with Crippen LogP contribution >= 0.6 is 0 Å². The highest BCUT2D eigenvalue weighted by Gasteiger charge is 2.10. The fraction of sp³-hybridized carbons (Fsp3) is 0.385. The second kappa shape index (κ2) is 3.83. The zero-order valence-electron chi connectivity index (χ0n) is 9.61. The van der Waals surface area contributed by atoms with Crippen molar-refractivity contribution < 1.29 is 0 Å². The molecule has 1 aliphatic heterocycles. The van der Waals surface area contributed by atoms with Crippen molar-refractivity contribution in [1.29, 1.82) is 0 Å². The summed E-state index contributed by atoms with van der Waals surface area (Å²) >= 11 is 0. The zero-order valence-corrected chi connectivity index (χ0v) is 9.61. The van der Waals surface area contributed by atoms with E-state index in [2.05, 4.69) is 52.3 Å². The van der Waals surface area contributed by atoms with E-state index in [0.717, 1.165) is 26.2 Å². The lowest BCUT2D eigenvalue weighted by Gasteiger charge is -2.29. The summed E-state index contributed by atoms with van der Waals surface area (Å²) in [6.45, 7) is 4.40. The van der Waals surface area contributed by atoms with Gasteiger partial charge < -0.3 is 14.8 Å². The maximum absolute atomic E-state index is 3.38. The van der Waals surface area contributed by atoms with Crippen molar-refractivity contribution in [2.45, 2.75) is 0 Å². The van der Waals surface area contributed by atoms with E-state index in [9.17, 15) is 0 Å². The largest absolute Gasteiger partial charge is 0.369 e. The number of anilines is 1. The van der Waals surface area contributed by atoms with Gasteiger partial charge >= 0.3 is 0 Å². The Morgan fingerprint density at radius 1 is 1.12 bits per heavy atom. The summed E-state index contributed by atoms with van der Waals surface area (Å²) in [6, 6.07) is 8.92. The summed E-state index contributed by atoms with van der Waals surface area (Å²) in [5.41, 5.74) is 2.65. The third kappa shape index (κ3) is 1.57. The number of hydrogen-bond donors (Lipinski definition) is 1. The molecule has 3 rings (SSSR count). The third-order valence-electron chi connectivity index (χ3n) is 3.35. The summed E-state index contributed by atoms with van der Waals surface area (Å²) in [5, 5.41) is 4.71. The molecule has 0 atom stereocenters. The summed E-state index contributed by atoms with van der Waals surface area (Å²) in [5.74, 6) is 0. The molecule has 0 aliphatic carbocycles. The van der Waals surface area contributed by atoms with Gasteiger partial charge in [-0.1, -0.05) is 0 Å². The number of nitrogens with zero attached hydrogens (tertiary/aromatic N) is 2. The average molecular weight is 215 g/mol. The van der Waals surface area contributed by atoms with Gasteiger partial charge in [-0.3, -0.25) is 0 Å². The molecular weight excluding hydrogens is 198 g/mol. The van der Waals surface area contributed by atoms with E-state index in [-0.39, 0.29) is 0 Å². The lowest BCUT2D eigenvalue weighted by Crippen LogP contribution is -2.43. The van der Waals surface area contributed by atoms with Crippen LogP contribution in [0.3, 0.4) is 0 Å². The number of aryl methyl sites for hydroxylation is 1. The van der Waals surface area contributed by atoms with Crippen molar-refractivity contribution in [1.82, 2.24) is 9.88 Å². The third-order valence-corrected chi connectivity index (χ3v) is 3.35. The van der Waals surface area contributed by atoms with E-state index in [1.807, 2.05) is 0 Å². The Kier molecular flexibility index (Phi) is 2.33. The Morgan fingerprint density at radius 2 is 1.94 bits per heavy atom. The van der Waals surface area contributed by atoms with E-state index in [0.29, 0.717) is 0 Å². The van der Waals surface area contributed by atoms with Crippen LogP contribution < -0.4 is 10.2 Å². The molecule has 3 heteroatoms. The number of benzene rings is 1. The second-order valence-electron chi connectivity index (χ2n) is 4.41. The first kappa shape index (κ1) is 9.73. The molecule has 1 fully saturated rings. The zero-order chi connectivity index (χ0) is 11.0. The van der Waals surface area contributed by atoms with Crippen LogP contribution in [-0.2, 0) is 7.05 Å². The molecule has 0 amide bonds. The van der Waals surface area contributed by atoms with Gasteiger partial charge in [0.2, 0.25) is 0 Å². The first-order valence-electron chi connectivity index (χ1n) is 5.85. The lowest BCUT2D eigenvalue weighted by atomic mass is 10.2. The summed E-state index contributed by atoms with van der Waals surface area (Å²) < 4.78 is 2.16. The minimum atomic E-state index is 1.09. The Balaban J connectivity index is 1.97. The summed E-state index contributed by atoms with van der Waals surface area (Å²) in [7, 11) is 2.09. The number of piperazine rings is 1. The topological polar surface area (TPSA) is 20.2 Å². The molecule has 16 heavy (non-hydrogen) atoms. The number of fused-ring (bicyclic) bond motifs is 1. The Hall–Kier alpha value is -1.48. The number of hydrogen-bond acceptors (Lipinski definition) is 2. The van der Waals surface area contributed by atoms with Crippen LogP contribution in [-0.4, -0.2) is 30.7 Å². The number of rotatable bonds is 1. The van der Waals surface area contributed by atoms with Crippen LogP contribution in [0.25, 0.3) is 10.9 Å². The highest BCUT2D eigenvalue weighted by Crippen LogP contribution is 2.22. The van der Waals surface area contributed by atoms with Gasteiger partial charge in [0, 0.05) is 56.0 Å². The van der Waals surface area contributed by atoms with Crippen molar-refractivity contribution in [3.05, 3.63) is 30.5 Å². The van der Waals surface area contributed by atoms with E-state index in [4.69, 9.17) is 0 Å². The Labute approximate surface area is 95.7 Å². The van der Waals surface area contributed by atoms with Crippen LogP contribution in [0, 0.1) is 0 Å². The highest BCUT2D eigenvalue weighted by molar-refractivity contribution is 5.84. The Morgan fingerprint density at radius 3 is 2.75 bits per heavy atom. The van der Waals surface area contributed by atoms with E-state index >= 15 is 0 Å². The first-order valence-corrected chi connectivity index (χ1v) is 5.85. The van der Waals surface area contributed by atoms with Crippen molar-refractivity contribution in [2.75, 3.05) is 31.1 Å². The molecular formula is C13H17N3. The number of nitrogens with one attached hydrogen (secondary N) is 1. The van der Waals surface area contributed by atoms with Gasteiger partial charge in [0.1, 0.15) is 0 Å². The average Bonchev–Trinajstić information content (AvgIpc) is 2.72. The quantitative estimate of drug-likeness (QED) is 0.779. The predicted octanol–water partition coefficient (Wildman–Crippen LogP) is 1.59. The summed E-state index contributed by atoms with van der Waals surface area (Å²) in [4.78, 5) is 2.45. The van der Waals surface area contributed by atoms with Crippen LogP contribution in [0.2, 0.25) is 0 Å². The standard InChI is InChI=1S/C13H17N3/c1-15-7-4-11-10-12(2-3-13(11)15)16-8-5-14-6-9-16/h2-4,7,10,14H,5-6,8-9H2,1H3. The molecule has 0 bridgehead atoms. The van der Waals surface area contributed by atoms with Crippen molar-refractivity contribution in [2.24, 2.45) is 7.05 Å². The van der Waals surface area contributed by atoms with Gasteiger partial charge in [-0.2, -0.15) is 0 Å². The molecule has 0 spiro atoms. The normalized spacial score (nSPS) is 16.9. The first-order chi connectivity index (χ1) is 7.84. The van der Waals surface area contributed by atoms with Crippen LogP contribution in [0.5, 0.6) is 0 Å².